The number of carbonyl (C=O) groups is 1. The van der Waals surface area contributed by atoms with Crippen LogP contribution < -0.4 is 5.32 Å². The average Bonchev–Trinajstić information content (AvgIpc) is 2.65. The summed E-state index contributed by atoms with van der Waals surface area (Å²) >= 11 is 0. The maximum absolute atomic E-state index is 12.7. The summed E-state index contributed by atoms with van der Waals surface area (Å²) in [5, 5.41) is 6.40. The summed E-state index contributed by atoms with van der Waals surface area (Å²) in [4.78, 5) is 12.2. The van der Waals surface area contributed by atoms with E-state index in [0.29, 0.717) is 0 Å². The standard InChI is InChI=1S/C13H18F3N3O/c1-8-7-19(18-10(8)13(14,15)16)12(2,3)11(20)17-9-5-4-6-9/h7,9H,4-6H2,1-3H3,(H,17,20). The third kappa shape index (κ3) is 2.66. The highest BCUT2D eigenvalue weighted by Crippen LogP contribution is 2.31. The lowest BCUT2D eigenvalue weighted by Gasteiger charge is -2.31. The van der Waals surface area contributed by atoms with Crippen LogP contribution in [0.2, 0.25) is 0 Å². The van der Waals surface area contributed by atoms with Gasteiger partial charge in [0.25, 0.3) is 0 Å². The summed E-state index contributed by atoms with van der Waals surface area (Å²) in [5.41, 5.74) is -2.08. The van der Waals surface area contributed by atoms with Crippen molar-refractivity contribution in [2.24, 2.45) is 0 Å². The van der Waals surface area contributed by atoms with Crippen LogP contribution in [0, 0.1) is 6.92 Å². The second kappa shape index (κ2) is 4.79. The van der Waals surface area contributed by atoms with Gasteiger partial charge in [0.2, 0.25) is 5.91 Å². The van der Waals surface area contributed by atoms with Gasteiger partial charge in [-0.1, -0.05) is 0 Å². The van der Waals surface area contributed by atoms with E-state index in [4.69, 9.17) is 0 Å². The van der Waals surface area contributed by atoms with Crippen LogP contribution >= 0.6 is 0 Å². The molecule has 0 bridgehead atoms. The molecule has 1 heterocycles. The Hall–Kier alpha value is -1.53. The van der Waals surface area contributed by atoms with E-state index < -0.39 is 17.4 Å². The number of hydrogen-bond acceptors (Lipinski definition) is 2. The molecule has 0 aromatic carbocycles. The van der Waals surface area contributed by atoms with Crippen LogP contribution in [0.15, 0.2) is 6.20 Å². The highest BCUT2D eigenvalue weighted by Gasteiger charge is 2.39. The molecule has 0 radical (unpaired) electrons. The molecule has 20 heavy (non-hydrogen) atoms. The quantitative estimate of drug-likeness (QED) is 0.929. The largest absolute Gasteiger partial charge is 0.435 e. The van der Waals surface area contributed by atoms with Gasteiger partial charge in [-0.3, -0.25) is 9.48 Å². The van der Waals surface area contributed by atoms with Gasteiger partial charge in [0, 0.05) is 12.2 Å². The van der Waals surface area contributed by atoms with E-state index in [0.717, 1.165) is 23.9 Å². The monoisotopic (exact) mass is 289 g/mol. The summed E-state index contributed by atoms with van der Waals surface area (Å²) in [6.07, 6.45) is -0.314. The zero-order valence-corrected chi connectivity index (χ0v) is 11.7. The maximum Gasteiger partial charge on any atom is 0.435 e. The first-order valence-corrected chi connectivity index (χ1v) is 6.57. The Kier molecular flexibility index (Phi) is 3.56. The zero-order chi connectivity index (χ0) is 15.1. The van der Waals surface area contributed by atoms with Crippen LogP contribution in [-0.4, -0.2) is 21.7 Å². The first-order valence-electron chi connectivity index (χ1n) is 6.57. The minimum absolute atomic E-state index is 0.0158. The number of carbonyl (C=O) groups excluding carboxylic acids is 1. The normalized spacial score (nSPS) is 16.9. The molecule has 1 N–H and O–H groups in total. The zero-order valence-electron chi connectivity index (χ0n) is 11.7. The van der Waals surface area contributed by atoms with Crippen molar-refractivity contribution in [3.05, 3.63) is 17.5 Å². The molecule has 1 aliphatic carbocycles. The lowest BCUT2D eigenvalue weighted by atomic mass is 9.92. The van der Waals surface area contributed by atoms with Crippen molar-refractivity contribution in [3.63, 3.8) is 0 Å². The Bertz CT molecular complexity index is 515. The van der Waals surface area contributed by atoms with E-state index in [1.165, 1.54) is 13.1 Å². The van der Waals surface area contributed by atoms with Crippen LogP contribution in [-0.2, 0) is 16.5 Å². The fourth-order valence-corrected chi connectivity index (χ4v) is 2.05. The minimum Gasteiger partial charge on any atom is -0.351 e. The van der Waals surface area contributed by atoms with Crippen LogP contribution in [0.25, 0.3) is 0 Å². The Labute approximate surface area is 115 Å². The van der Waals surface area contributed by atoms with Crippen molar-refractivity contribution in [3.8, 4) is 0 Å². The van der Waals surface area contributed by atoms with Crippen molar-refractivity contribution in [2.45, 2.75) is 57.8 Å². The van der Waals surface area contributed by atoms with Gasteiger partial charge in [-0.15, -0.1) is 0 Å². The number of aromatic nitrogens is 2. The third-order valence-corrected chi connectivity index (χ3v) is 3.73. The first kappa shape index (κ1) is 14.9. The van der Waals surface area contributed by atoms with Gasteiger partial charge < -0.3 is 5.32 Å². The van der Waals surface area contributed by atoms with E-state index in [-0.39, 0.29) is 17.5 Å². The molecule has 0 spiro atoms. The minimum atomic E-state index is -4.50. The lowest BCUT2D eigenvalue weighted by molar-refractivity contribution is -0.143. The second-order valence-electron chi connectivity index (χ2n) is 5.76. The third-order valence-electron chi connectivity index (χ3n) is 3.73. The number of alkyl halides is 3. The predicted molar refractivity (Wildman–Crippen MR) is 67.1 cm³/mol. The second-order valence-corrected chi connectivity index (χ2v) is 5.76. The molecule has 0 saturated heterocycles. The molecule has 1 saturated carbocycles. The van der Waals surface area contributed by atoms with Gasteiger partial charge in [0.15, 0.2) is 5.69 Å². The van der Waals surface area contributed by atoms with Crippen LogP contribution in [0.3, 0.4) is 0 Å². The SMILES string of the molecule is Cc1cn(C(C)(C)C(=O)NC2CCC2)nc1C(F)(F)F. The maximum atomic E-state index is 12.7. The predicted octanol–water partition coefficient (Wildman–Crippen LogP) is 2.61. The molecule has 7 heteroatoms. The van der Waals surface area contributed by atoms with Crippen molar-refractivity contribution < 1.29 is 18.0 Å². The molecule has 0 unspecified atom stereocenters. The fourth-order valence-electron chi connectivity index (χ4n) is 2.05. The summed E-state index contributed by atoms with van der Waals surface area (Å²) in [6.45, 7) is 4.47. The molecule has 2 rings (SSSR count). The molecule has 1 aromatic heterocycles. The van der Waals surface area contributed by atoms with Crippen LogP contribution in [0.5, 0.6) is 0 Å². The summed E-state index contributed by atoms with van der Waals surface area (Å²) < 4.78 is 39.3. The van der Waals surface area contributed by atoms with E-state index in [1.54, 1.807) is 13.8 Å². The van der Waals surface area contributed by atoms with Gasteiger partial charge in [0.05, 0.1) is 0 Å². The fraction of sp³-hybridized carbons (Fsp3) is 0.692. The van der Waals surface area contributed by atoms with Gasteiger partial charge in [-0.2, -0.15) is 18.3 Å². The molecule has 112 valence electrons. The Morgan fingerprint density at radius 2 is 2.00 bits per heavy atom. The van der Waals surface area contributed by atoms with E-state index >= 15 is 0 Å². The van der Waals surface area contributed by atoms with Crippen molar-refractivity contribution in [2.75, 3.05) is 0 Å². The molecule has 1 aromatic rings. The molecule has 1 amide bonds. The molecular weight excluding hydrogens is 271 g/mol. The van der Waals surface area contributed by atoms with E-state index in [9.17, 15) is 18.0 Å². The number of aryl methyl sites for hydroxylation is 1. The van der Waals surface area contributed by atoms with Crippen molar-refractivity contribution in [1.82, 2.24) is 15.1 Å². The van der Waals surface area contributed by atoms with Gasteiger partial charge >= 0.3 is 6.18 Å². The summed E-state index contributed by atoms with van der Waals surface area (Å²) in [7, 11) is 0. The van der Waals surface area contributed by atoms with Crippen molar-refractivity contribution >= 4 is 5.91 Å². The number of hydrogen-bond donors (Lipinski definition) is 1. The van der Waals surface area contributed by atoms with Crippen LogP contribution in [0.1, 0.15) is 44.4 Å². The summed E-state index contributed by atoms with van der Waals surface area (Å²) in [5.74, 6) is -0.307. The number of nitrogens with zero attached hydrogens (tertiary/aromatic N) is 2. The number of nitrogens with one attached hydrogen (secondary N) is 1. The smallest absolute Gasteiger partial charge is 0.351 e. The lowest BCUT2D eigenvalue weighted by Crippen LogP contribution is -2.50. The Balaban J connectivity index is 2.22. The van der Waals surface area contributed by atoms with Gasteiger partial charge in [0.1, 0.15) is 5.54 Å². The van der Waals surface area contributed by atoms with E-state index in [2.05, 4.69) is 10.4 Å². The molecule has 1 aliphatic rings. The molecule has 0 atom stereocenters. The van der Waals surface area contributed by atoms with Gasteiger partial charge in [-0.05, 0) is 45.6 Å². The Morgan fingerprint density at radius 1 is 1.40 bits per heavy atom. The number of amides is 1. The highest BCUT2D eigenvalue weighted by atomic mass is 19.4. The number of rotatable bonds is 3. The first-order chi connectivity index (χ1) is 9.12. The molecular formula is C13H18F3N3O. The van der Waals surface area contributed by atoms with Gasteiger partial charge in [-0.25, -0.2) is 0 Å². The average molecular weight is 289 g/mol. The van der Waals surface area contributed by atoms with Crippen molar-refractivity contribution in [1.29, 1.82) is 0 Å². The molecule has 1 fully saturated rings. The van der Waals surface area contributed by atoms with E-state index in [1.807, 2.05) is 0 Å². The number of halogens is 3. The van der Waals surface area contributed by atoms with Crippen LogP contribution in [0.4, 0.5) is 13.2 Å². The topological polar surface area (TPSA) is 46.9 Å². The Morgan fingerprint density at radius 3 is 2.40 bits per heavy atom. The molecule has 4 nitrogen and oxygen atoms in total. The molecule has 0 aliphatic heterocycles. The highest BCUT2D eigenvalue weighted by molar-refractivity contribution is 5.83. The summed E-state index contributed by atoms with van der Waals surface area (Å²) in [6, 6.07) is 0.139.